The SMILES string of the molecule is COc1ccc(CC(=O)OCC#N)cc1S(=O)(=O)N1CCOCC1. The first kappa shape index (κ1) is 18.2. The second-order valence-corrected chi connectivity index (χ2v) is 6.90. The standard InChI is InChI=1S/C15H18N2O6S/c1-21-13-3-2-12(11-15(18)23-7-4-16)10-14(13)24(19,20)17-5-8-22-9-6-17/h2-3,10H,5-9,11H2,1H3. The molecule has 2 rings (SSSR count). The van der Waals surface area contributed by atoms with Crippen LogP contribution in [0.5, 0.6) is 5.75 Å². The molecule has 0 atom stereocenters. The van der Waals surface area contributed by atoms with E-state index in [9.17, 15) is 13.2 Å². The molecule has 130 valence electrons. The van der Waals surface area contributed by atoms with Crippen LogP contribution in [-0.2, 0) is 30.7 Å². The number of benzene rings is 1. The maximum Gasteiger partial charge on any atom is 0.311 e. The second-order valence-electron chi connectivity index (χ2n) is 5.00. The molecule has 0 bridgehead atoms. The molecule has 0 aromatic heterocycles. The van der Waals surface area contributed by atoms with E-state index in [1.807, 2.05) is 0 Å². The summed E-state index contributed by atoms with van der Waals surface area (Å²) < 4.78 is 42.0. The maximum absolute atomic E-state index is 12.8. The predicted octanol–water partition coefficient (Wildman–Crippen LogP) is 0.325. The highest BCUT2D eigenvalue weighted by atomic mass is 32.2. The first-order valence-electron chi connectivity index (χ1n) is 7.26. The van der Waals surface area contributed by atoms with Crippen molar-refractivity contribution in [2.24, 2.45) is 0 Å². The zero-order valence-electron chi connectivity index (χ0n) is 13.2. The van der Waals surface area contributed by atoms with E-state index in [-0.39, 0.29) is 36.8 Å². The molecule has 0 amide bonds. The van der Waals surface area contributed by atoms with Gasteiger partial charge < -0.3 is 14.2 Å². The number of hydrogen-bond acceptors (Lipinski definition) is 7. The van der Waals surface area contributed by atoms with Crippen LogP contribution in [0.1, 0.15) is 5.56 Å². The third kappa shape index (κ3) is 4.23. The molecule has 1 saturated heterocycles. The molecule has 8 nitrogen and oxygen atoms in total. The number of hydrogen-bond donors (Lipinski definition) is 0. The van der Waals surface area contributed by atoms with Gasteiger partial charge in [0.1, 0.15) is 16.7 Å². The number of esters is 1. The fourth-order valence-electron chi connectivity index (χ4n) is 2.29. The summed E-state index contributed by atoms with van der Waals surface area (Å²) in [6, 6.07) is 6.19. The first-order valence-corrected chi connectivity index (χ1v) is 8.70. The second kappa shape index (κ2) is 8.10. The minimum absolute atomic E-state index is 0.00233. The number of nitrogens with zero attached hydrogens (tertiary/aromatic N) is 2. The van der Waals surface area contributed by atoms with Gasteiger partial charge in [-0.1, -0.05) is 6.07 Å². The van der Waals surface area contributed by atoms with Gasteiger partial charge in [0, 0.05) is 13.1 Å². The fraction of sp³-hybridized carbons (Fsp3) is 0.467. The molecule has 0 unspecified atom stereocenters. The van der Waals surface area contributed by atoms with Gasteiger partial charge in [-0.05, 0) is 17.7 Å². The van der Waals surface area contributed by atoms with Gasteiger partial charge in [-0.25, -0.2) is 8.42 Å². The Hall–Kier alpha value is -2.15. The monoisotopic (exact) mass is 354 g/mol. The maximum atomic E-state index is 12.8. The number of sulfonamides is 1. The van der Waals surface area contributed by atoms with Crippen LogP contribution in [-0.4, -0.2) is 58.7 Å². The number of morpholine rings is 1. The Balaban J connectivity index is 2.28. The zero-order valence-corrected chi connectivity index (χ0v) is 14.0. The van der Waals surface area contributed by atoms with Crippen LogP contribution in [0.25, 0.3) is 0 Å². The largest absolute Gasteiger partial charge is 0.495 e. The lowest BCUT2D eigenvalue weighted by Crippen LogP contribution is -2.40. The molecule has 1 fully saturated rings. The lowest BCUT2D eigenvalue weighted by atomic mass is 10.1. The van der Waals surface area contributed by atoms with Crippen LogP contribution in [0.3, 0.4) is 0 Å². The van der Waals surface area contributed by atoms with Gasteiger partial charge in [0.05, 0.1) is 26.7 Å². The Kier molecular flexibility index (Phi) is 6.14. The van der Waals surface area contributed by atoms with E-state index in [0.717, 1.165) is 0 Å². The molecule has 9 heteroatoms. The van der Waals surface area contributed by atoms with E-state index in [0.29, 0.717) is 18.8 Å². The van der Waals surface area contributed by atoms with Gasteiger partial charge >= 0.3 is 5.97 Å². The number of methoxy groups -OCH3 is 1. The number of carbonyl (C=O) groups excluding carboxylic acids is 1. The van der Waals surface area contributed by atoms with Gasteiger partial charge in [-0.3, -0.25) is 4.79 Å². The highest BCUT2D eigenvalue weighted by molar-refractivity contribution is 7.89. The summed E-state index contributed by atoms with van der Waals surface area (Å²) in [5, 5.41) is 8.41. The number of rotatable bonds is 6. The zero-order chi connectivity index (χ0) is 17.6. The van der Waals surface area contributed by atoms with Crippen molar-refractivity contribution in [3.05, 3.63) is 23.8 Å². The summed E-state index contributed by atoms with van der Waals surface area (Å²) in [4.78, 5) is 11.6. The Morgan fingerprint density at radius 2 is 2.08 bits per heavy atom. The molecule has 0 saturated carbocycles. The third-order valence-corrected chi connectivity index (χ3v) is 5.38. The molecule has 0 spiro atoms. The Labute approximate surface area is 140 Å². The van der Waals surface area contributed by atoms with Crippen LogP contribution in [0.4, 0.5) is 0 Å². The quantitative estimate of drug-likeness (QED) is 0.678. The summed E-state index contributed by atoms with van der Waals surface area (Å²) in [6.07, 6.45) is -0.128. The van der Waals surface area contributed by atoms with Crippen molar-refractivity contribution in [2.45, 2.75) is 11.3 Å². The highest BCUT2D eigenvalue weighted by Gasteiger charge is 2.29. The van der Waals surface area contributed by atoms with E-state index >= 15 is 0 Å². The van der Waals surface area contributed by atoms with Crippen LogP contribution >= 0.6 is 0 Å². The molecule has 24 heavy (non-hydrogen) atoms. The van der Waals surface area contributed by atoms with Gasteiger partial charge in [0.2, 0.25) is 10.0 Å². The Morgan fingerprint density at radius 1 is 1.38 bits per heavy atom. The van der Waals surface area contributed by atoms with Crippen molar-refractivity contribution in [3.8, 4) is 11.8 Å². The molecule has 1 aromatic carbocycles. The number of ether oxygens (including phenoxy) is 3. The van der Waals surface area contributed by atoms with Gasteiger partial charge in [0.25, 0.3) is 0 Å². The fourth-order valence-corrected chi connectivity index (χ4v) is 3.90. The molecular formula is C15H18N2O6S. The smallest absolute Gasteiger partial charge is 0.311 e. The van der Waals surface area contributed by atoms with E-state index in [2.05, 4.69) is 4.74 Å². The minimum atomic E-state index is -3.76. The predicted molar refractivity (Wildman–Crippen MR) is 82.8 cm³/mol. The summed E-state index contributed by atoms with van der Waals surface area (Å²) >= 11 is 0. The van der Waals surface area contributed by atoms with E-state index in [1.165, 1.54) is 23.5 Å². The van der Waals surface area contributed by atoms with Crippen LogP contribution in [0.15, 0.2) is 23.1 Å². The van der Waals surface area contributed by atoms with Crippen molar-refractivity contribution in [1.82, 2.24) is 4.31 Å². The lowest BCUT2D eigenvalue weighted by molar-refractivity contribution is -0.141. The molecule has 0 N–H and O–H groups in total. The molecule has 1 heterocycles. The van der Waals surface area contributed by atoms with Crippen molar-refractivity contribution in [1.29, 1.82) is 5.26 Å². The van der Waals surface area contributed by atoms with Gasteiger partial charge in [-0.15, -0.1) is 0 Å². The summed E-state index contributed by atoms with van der Waals surface area (Å²) in [5.74, 6) is -0.396. The average Bonchev–Trinajstić information content (AvgIpc) is 2.60. The Bertz CT molecular complexity index is 735. The molecule has 1 aliphatic heterocycles. The van der Waals surface area contributed by atoms with Crippen LogP contribution in [0, 0.1) is 11.3 Å². The summed E-state index contributed by atoms with van der Waals surface area (Å²) in [7, 11) is -2.37. The Morgan fingerprint density at radius 3 is 2.71 bits per heavy atom. The topological polar surface area (TPSA) is 106 Å². The molecule has 0 radical (unpaired) electrons. The summed E-state index contributed by atoms with van der Waals surface area (Å²) in [6.45, 7) is 0.858. The van der Waals surface area contributed by atoms with E-state index in [4.69, 9.17) is 14.7 Å². The van der Waals surface area contributed by atoms with Crippen LogP contribution < -0.4 is 4.74 Å². The lowest BCUT2D eigenvalue weighted by Gasteiger charge is -2.26. The van der Waals surface area contributed by atoms with Crippen molar-refractivity contribution >= 4 is 16.0 Å². The van der Waals surface area contributed by atoms with Gasteiger partial charge in [0.15, 0.2) is 6.61 Å². The van der Waals surface area contributed by atoms with Crippen LogP contribution in [0.2, 0.25) is 0 Å². The number of nitriles is 1. The minimum Gasteiger partial charge on any atom is -0.495 e. The van der Waals surface area contributed by atoms with Crippen molar-refractivity contribution in [3.63, 3.8) is 0 Å². The number of carbonyl (C=O) groups is 1. The van der Waals surface area contributed by atoms with E-state index < -0.39 is 16.0 Å². The molecule has 0 aliphatic carbocycles. The van der Waals surface area contributed by atoms with Crippen molar-refractivity contribution < 1.29 is 27.4 Å². The summed E-state index contributed by atoms with van der Waals surface area (Å²) in [5.41, 5.74) is 0.463. The van der Waals surface area contributed by atoms with E-state index in [1.54, 1.807) is 12.1 Å². The normalized spacial score (nSPS) is 15.5. The van der Waals surface area contributed by atoms with Crippen molar-refractivity contribution in [2.75, 3.05) is 40.0 Å². The molecule has 1 aromatic rings. The van der Waals surface area contributed by atoms with Gasteiger partial charge in [-0.2, -0.15) is 9.57 Å². The highest BCUT2D eigenvalue weighted by Crippen LogP contribution is 2.28. The molecular weight excluding hydrogens is 336 g/mol. The third-order valence-electron chi connectivity index (χ3n) is 3.46. The molecule has 1 aliphatic rings. The first-order chi connectivity index (χ1) is 11.5. The average molecular weight is 354 g/mol.